The minimum absolute atomic E-state index is 0.0895. The molecule has 1 aliphatic rings. The molecule has 0 radical (unpaired) electrons. The third-order valence-electron chi connectivity index (χ3n) is 3.47. The molecular weight excluding hydrogens is 336 g/mol. The van der Waals surface area contributed by atoms with Gasteiger partial charge in [0.05, 0.1) is 6.42 Å². The van der Waals surface area contributed by atoms with E-state index < -0.39 is 0 Å². The maximum Gasteiger partial charge on any atom is 0.287 e. The van der Waals surface area contributed by atoms with Crippen molar-refractivity contribution in [3.8, 4) is 0 Å². The molecule has 0 unspecified atom stereocenters. The molecule has 1 aliphatic heterocycles. The van der Waals surface area contributed by atoms with E-state index in [1.807, 2.05) is 18.2 Å². The van der Waals surface area contributed by atoms with Crippen LogP contribution in [0, 0.1) is 0 Å². The second kappa shape index (κ2) is 5.37. The summed E-state index contributed by atoms with van der Waals surface area (Å²) in [7, 11) is 1.77. The molecule has 3 rings (SSSR count). The molecule has 6 heteroatoms. The molecule has 2 amide bonds. The van der Waals surface area contributed by atoms with Crippen molar-refractivity contribution in [1.82, 2.24) is 5.32 Å². The molecule has 0 aliphatic carbocycles. The number of carbonyl (C=O) groups excluding carboxylic acids is 2. The molecular formula is C15H13BrN2O3. The van der Waals surface area contributed by atoms with Crippen LogP contribution in [0.25, 0.3) is 0 Å². The summed E-state index contributed by atoms with van der Waals surface area (Å²) < 4.78 is 5.71. The predicted molar refractivity (Wildman–Crippen MR) is 81.1 cm³/mol. The number of anilines is 1. The summed E-state index contributed by atoms with van der Waals surface area (Å²) in [6, 6.07) is 9.05. The number of halogens is 1. The van der Waals surface area contributed by atoms with Gasteiger partial charge in [-0.05, 0) is 45.3 Å². The van der Waals surface area contributed by atoms with Gasteiger partial charge < -0.3 is 14.6 Å². The van der Waals surface area contributed by atoms with Crippen molar-refractivity contribution in [3.05, 3.63) is 51.9 Å². The van der Waals surface area contributed by atoms with Gasteiger partial charge in [0.1, 0.15) is 0 Å². The Morgan fingerprint density at radius 3 is 2.90 bits per heavy atom. The quantitative estimate of drug-likeness (QED) is 0.926. The zero-order chi connectivity index (χ0) is 15.0. The second-order valence-electron chi connectivity index (χ2n) is 4.88. The first kappa shape index (κ1) is 13.9. The number of nitrogens with zero attached hydrogens (tertiary/aromatic N) is 1. The van der Waals surface area contributed by atoms with E-state index in [0.717, 1.165) is 16.8 Å². The number of furan rings is 1. The minimum Gasteiger partial charge on any atom is -0.444 e. The summed E-state index contributed by atoms with van der Waals surface area (Å²) >= 11 is 3.16. The molecule has 2 heterocycles. The average Bonchev–Trinajstić information content (AvgIpc) is 3.01. The van der Waals surface area contributed by atoms with E-state index in [-0.39, 0.29) is 17.6 Å². The summed E-state index contributed by atoms with van der Waals surface area (Å²) in [5.74, 6) is 0.0824. The summed E-state index contributed by atoms with van der Waals surface area (Å²) in [5, 5.41) is 2.79. The number of rotatable bonds is 3. The maximum absolute atomic E-state index is 11.9. The van der Waals surface area contributed by atoms with E-state index in [1.54, 1.807) is 24.1 Å². The first-order valence-corrected chi connectivity index (χ1v) is 7.26. The van der Waals surface area contributed by atoms with Crippen LogP contribution in [0.15, 0.2) is 39.4 Å². The zero-order valence-electron chi connectivity index (χ0n) is 11.4. The number of carbonyl (C=O) groups is 2. The highest BCUT2D eigenvalue weighted by Gasteiger charge is 2.23. The van der Waals surface area contributed by atoms with Gasteiger partial charge in [0, 0.05) is 19.3 Å². The van der Waals surface area contributed by atoms with Gasteiger partial charge in [-0.25, -0.2) is 0 Å². The van der Waals surface area contributed by atoms with Gasteiger partial charge in [-0.3, -0.25) is 9.59 Å². The highest BCUT2D eigenvalue weighted by Crippen LogP contribution is 2.28. The van der Waals surface area contributed by atoms with E-state index in [2.05, 4.69) is 21.2 Å². The first-order valence-electron chi connectivity index (χ1n) is 6.46. The number of hydrogen-bond donors (Lipinski definition) is 1. The molecule has 1 aromatic carbocycles. The molecule has 1 N–H and O–H groups in total. The molecule has 0 saturated heterocycles. The van der Waals surface area contributed by atoms with E-state index in [0.29, 0.717) is 17.6 Å². The van der Waals surface area contributed by atoms with E-state index in [9.17, 15) is 9.59 Å². The van der Waals surface area contributed by atoms with Gasteiger partial charge in [0.2, 0.25) is 5.91 Å². The lowest BCUT2D eigenvalue weighted by Crippen LogP contribution is -2.22. The van der Waals surface area contributed by atoms with Crippen LogP contribution in [0.3, 0.4) is 0 Å². The molecule has 0 fully saturated rings. The van der Waals surface area contributed by atoms with Crippen molar-refractivity contribution < 1.29 is 14.0 Å². The monoisotopic (exact) mass is 348 g/mol. The average molecular weight is 349 g/mol. The Hall–Kier alpha value is -2.08. The fourth-order valence-corrected chi connectivity index (χ4v) is 2.65. The molecule has 21 heavy (non-hydrogen) atoms. The third kappa shape index (κ3) is 2.71. The molecule has 108 valence electrons. The molecule has 0 atom stereocenters. The normalized spacial score (nSPS) is 13.4. The Labute approximate surface area is 130 Å². The van der Waals surface area contributed by atoms with Crippen molar-refractivity contribution >= 4 is 33.4 Å². The second-order valence-corrected chi connectivity index (χ2v) is 5.66. The van der Waals surface area contributed by atoms with Crippen molar-refractivity contribution in [1.29, 1.82) is 0 Å². The lowest BCUT2D eigenvalue weighted by atomic mass is 10.1. The van der Waals surface area contributed by atoms with E-state index in [1.165, 1.54) is 0 Å². The van der Waals surface area contributed by atoms with Crippen LogP contribution in [-0.4, -0.2) is 18.9 Å². The number of nitrogens with one attached hydrogen (secondary N) is 1. The zero-order valence-corrected chi connectivity index (χ0v) is 12.9. The van der Waals surface area contributed by atoms with Crippen LogP contribution < -0.4 is 10.2 Å². The topological polar surface area (TPSA) is 62.6 Å². The Kier molecular flexibility index (Phi) is 3.55. The number of benzene rings is 1. The largest absolute Gasteiger partial charge is 0.444 e. The lowest BCUT2D eigenvalue weighted by Gasteiger charge is -2.10. The smallest absolute Gasteiger partial charge is 0.287 e. The summed E-state index contributed by atoms with van der Waals surface area (Å²) in [6.07, 6.45) is 0.415. The Morgan fingerprint density at radius 2 is 2.19 bits per heavy atom. The third-order valence-corrected chi connectivity index (χ3v) is 3.90. The summed E-state index contributed by atoms with van der Waals surface area (Å²) in [6.45, 7) is 0.391. The molecule has 1 aromatic heterocycles. The van der Waals surface area contributed by atoms with Crippen molar-refractivity contribution in [2.75, 3.05) is 11.9 Å². The molecule has 0 bridgehead atoms. The van der Waals surface area contributed by atoms with Gasteiger partial charge >= 0.3 is 0 Å². The summed E-state index contributed by atoms with van der Waals surface area (Å²) in [4.78, 5) is 25.2. The first-order chi connectivity index (χ1) is 10.0. The van der Waals surface area contributed by atoms with Crippen LogP contribution >= 0.6 is 15.9 Å². The van der Waals surface area contributed by atoms with Crippen molar-refractivity contribution in [2.24, 2.45) is 0 Å². The number of likely N-dealkylation sites (N-methyl/N-ethyl adjacent to an activating group) is 1. The molecule has 0 saturated carbocycles. The maximum atomic E-state index is 11.9. The fraction of sp³-hybridized carbons (Fsp3) is 0.200. The van der Waals surface area contributed by atoms with Crippen LogP contribution in [0.5, 0.6) is 0 Å². The SMILES string of the molecule is CN1C(=O)Cc2cc(CNC(=O)c3ccc(Br)o3)ccc21. The molecule has 2 aromatic rings. The van der Waals surface area contributed by atoms with Gasteiger partial charge in [-0.2, -0.15) is 0 Å². The number of hydrogen-bond acceptors (Lipinski definition) is 3. The Morgan fingerprint density at radius 1 is 1.38 bits per heavy atom. The minimum atomic E-state index is -0.269. The van der Waals surface area contributed by atoms with Crippen molar-refractivity contribution in [2.45, 2.75) is 13.0 Å². The predicted octanol–water partition coefficient (Wildman–Crippen LogP) is 2.49. The highest BCUT2D eigenvalue weighted by molar-refractivity contribution is 9.10. The van der Waals surface area contributed by atoms with E-state index >= 15 is 0 Å². The highest BCUT2D eigenvalue weighted by atomic mass is 79.9. The van der Waals surface area contributed by atoms with Crippen LogP contribution in [-0.2, 0) is 17.8 Å². The lowest BCUT2D eigenvalue weighted by molar-refractivity contribution is -0.117. The summed E-state index contributed by atoms with van der Waals surface area (Å²) in [5.41, 5.74) is 2.89. The van der Waals surface area contributed by atoms with Crippen LogP contribution in [0.1, 0.15) is 21.7 Å². The van der Waals surface area contributed by atoms with Gasteiger partial charge in [0.25, 0.3) is 5.91 Å². The van der Waals surface area contributed by atoms with Gasteiger partial charge in [-0.15, -0.1) is 0 Å². The van der Waals surface area contributed by atoms with Crippen molar-refractivity contribution in [3.63, 3.8) is 0 Å². The molecule has 5 nitrogen and oxygen atoms in total. The van der Waals surface area contributed by atoms with Crippen LogP contribution in [0.2, 0.25) is 0 Å². The molecule has 0 spiro atoms. The van der Waals surface area contributed by atoms with E-state index in [4.69, 9.17) is 4.42 Å². The number of fused-ring (bicyclic) bond motifs is 1. The van der Waals surface area contributed by atoms with Gasteiger partial charge in [-0.1, -0.05) is 12.1 Å². The van der Waals surface area contributed by atoms with Crippen LogP contribution in [0.4, 0.5) is 5.69 Å². The Bertz CT molecular complexity index is 723. The Balaban J connectivity index is 1.68. The standard InChI is InChI=1S/C15H13BrN2O3/c1-18-11-3-2-9(6-10(11)7-14(18)19)8-17-15(20)12-4-5-13(16)21-12/h2-6H,7-8H2,1H3,(H,17,20). The number of amides is 2. The van der Waals surface area contributed by atoms with Gasteiger partial charge in [0.15, 0.2) is 10.4 Å². The fourth-order valence-electron chi connectivity index (χ4n) is 2.34.